The van der Waals surface area contributed by atoms with Crippen LogP contribution in [0.15, 0.2) is 60.8 Å². The zero-order valence-electron chi connectivity index (χ0n) is 15.2. The topological polar surface area (TPSA) is 39.1 Å². The first-order valence-electron chi connectivity index (χ1n) is 8.90. The Morgan fingerprint density at radius 1 is 1.08 bits per heavy atom. The third kappa shape index (κ3) is 5.08. The average molecular weight is 461 g/mol. The first kappa shape index (κ1) is 18.9. The Hall–Kier alpha value is -1.86. The molecule has 0 saturated heterocycles. The Morgan fingerprint density at radius 3 is 2.38 bits per heavy atom. The predicted octanol–water partition coefficient (Wildman–Crippen LogP) is 5.45. The van der Waals surface area contributed by atoms with Crippen molar-refractivity contribution in [1.29, 1.82) is 0 Å². The van der Waals surface area contributed by atoms with E-state index in [4.69, 9.17) is 4.74 Å². The zero-order valence-corrected chi connectivity index (χ0v) is 17.3. The number of aromatic nitrogens is 2. The molecule has 0 fully saturated rings. The predicted molar refractivity (Wildman–Crippen MR) is 113 cm³/mol. The maximum absolute atomic E-state index is 5.89. The first-order chi connectivity index (χ1) is 12.7. The highest BCUT2D eigenvalue weighted by Gasteiger charge is 2.13. The molecular weight excluding hydrogens is 437 g/mol. The van der Waals surface area contributed by atoms with Crippen LogP contribution in [0.25, 0.3) is 0 Å². The highest BCUT2D eigenvalue weighted by molar-refractivity contribution is 14.1. The van der Waals surface area contributed by atoms with Crippen LogP contribution < -0.4 is 10.1 Å². The number of hydrogen-bond donors (Lipinski definition) is 1. The molecule has 0 radical (unpaired) electrons. The normalized spacial score (nSPS) is 12.1. The number of hydrogen-bond acceptors (Lipinski definition) is 3. The lowest BCUT2D eigenvalue weighted by molar-refractivity contribution is 0.475. The molecule has 3 aromatic rings. The number of aryl methyl sites for hydroxylation is 1. The number of halogens is 1. The third-order valence-electron chi connectivity index (χ3n) is 4.21. The van der Waals surface area contributed by atoms with Crippen LogP contribution in [0.4, 0.5) is 0 Å². The van der Waals surface area contributed by atoms with Crippen molar-refractivity contribution in [3.8, 4) is 11.5 Å². The number of benzene rings is 2. The molecule has 1 unspecified atom stereocenters. The van der Waals surface area contributed by atoms with Crippen LogP contribution in [0.1, 0.15) is 37.1 Å². The Morgan fingerprint density at radius 2 is 1.77 bits per heavy atom. The number of rotatable bonds is 8. The van der Waals surface area contributed by atoms with Crippen molar-refractivity contribution in [1.82, 2.24) is 15.1 Å². The van der Waals surface area contributed by atoms with Gasteiger partial charge in [0.1, 0.15) is 11.5 Å². The molecule has 0 bridgehead atoms. The summed E-state index contributed by atoms with van der Waals surface area (Å²) in [5.74, 6) is 1.71. The van der Waals surface area contributed by atoms with Gasteiger partial charge < -0.3 is 10.1 Å². The molecule has 26 heavy (non-hydrogen) atoms. The molecule has 0 spiro atoms. The Kier molecular flexibility index (Phi) is 6.68. The van der Waals surface area contributed by atoms with Crippen LogP contribution in [-0.4, -0.2) is 9.78 Å². The van der Waals surface area contributed by atoms with Crippen LogP contribution in [0, 0.1) is 3.57 Å². The Balaban J connectivity index is 1.66. The van der Waals surface area contributed by atoms with E-state index in [9.17, 15) is 0 Å². The van der Waals surface area contributed by atoms with Gasteiger partial charge in [-0.05, 0) is 58.8 Å². The van der Waals surface area contributed by atoms with Crippen LogP contribution in [0.5, 0.6) is 11.5 Å². The Bertz CT molecular complexity index is 815. The highest BCUT2D eigenvalue weighted by atomic mass is 127. The molecule has 0 aliphatic heterocycles. The number of nitrogens with one attached hydrogen (secondary N) is 1. The molecule has 1 atom stereocenters. The van der Waals surface area contributed by atoms with E-state index in [1.54, 1.807) is 0 Å². The third-order valence-corrected chi connectivity index (χ3v) is 5.11. The number of para-hydroxylation sites is 1. The summed E-state index contributed by atoms with van der Waals surface area (Å²) in [5.41, 5.74) is 2.37. The van der Waals surface area contributed by atoms with E-state index in [-0.39, 0.29) is 0 Å². The molecule has 4 nitrogen and oxygen atoms in total. The van der Waals surface area contributed by atoms with Gasteiger partial charge in [-0.25, -0.2) is 0 Å². The van der Waals surface area contributed by atoms with Crippen molar-refractivity contribution in [3.63, 3.8) is 0 Å². The average Bonchev–Trinajstić information content (AvgIpc) is 2.97. The molecule has 0 aliphatic carbocycles. The second-order valence-corrected chi connectivity index (χ2v) is 7.47. The number of ether oxygens (including phenoxy) is 1. The summed E-state index contributed by atoms with van der Waals surface area (Å²) in [7, 11) is 1.96. The molecular formula is C21H24IN3O. The van der Waals surface area contributed by atoms with Crippen molar-refractivity contribution in [2.24, 2.45) is 7.05 Å². The summed E-state index contributed by atoms with van der Waals surface area (Å²) in [6.07, 6.45) is 4.25. The molecule has 1 aromatic heterocycles. The second kappa shape index (κ2) is 9.19. The van der Waals surface area contributed by atoms with Gasteiger partial charge in [0.2, 0.25) is 0 Å². The molecule has 5 heteroatoms. The van der Waals surface area contributed by atoms with Crippen LogP contribution in [-0.2, 0) is 13.6 Å². The fourth-order valence-electron chi connectivity index (χ4n) is 2.91. The van der Waals surface area contributed by atoms with E-state index in [1.165, 1.54) is 9.13 Å². The summed E-state index contributed by atoms with van der Waals surface area (Å²) < 4.78 is 8.95. The van der Waals surface area contributed by atoms with Crippen molar-refractivity contribution in [2.45, 2.75) is 32.4 Å². The standard InChI is InChI=1S/C21H24IN3O/c1-3-7-20(23-14-21-19(22)15-25(2)24-21)16-10-12-18(13-11-16)26-17-8-5-4-6-9-17/h4-6,8-13,15,20,23H,3,7,14H2,1-2H3. The van der Waals surface area contributed by atoms with E-state index >= 15 is 0 Å². The van der Waals surface area contributed by atoms with Crippen molar-refractivity contribution in [3.05, 3.63) is 75.6 Å². The maximum atomic E-state index is 5.89. The van der Waals surface area contributed by atoms with E-state index in [0.29, 0.717) is 6.04 Å². The van der Waals surface area contributed by atoms with E-state index in [0.717, 1.165) is 36.6 Å². The molecule has 0 aliphatic rings. The minimum absolute atomic E-state index is 0.309. The minimum atomic E-state index is 0.309. The molecule has 2 aromatic carbocycles. The molecule has 0 saturated carbocycles. The van der Waals surface area contributed by atoms with Gasteiger partial charge in [0, 0.05) is 25.8 Å². The highest BCUT2D eigenvalue weighted by Crippen LogP contribution is 2.25. The summed E-state index contributed by atoms with van der Waals surface area (Å²) in [5, 5.41) is 8.18. The summed E-state index contributed by atoms with van der Waals surface area (Å²) in [4.78, 5) is 0. The fraction of sp³-hybridized carbons (Fsp3) is 0.286. The summed E-state index contributed by atoms with van der Waals surface area (Å²) in [6.45, 7) is 2.98. The molecule has 3 rings (SSSR count). The second-order valence-electron chi connectivity index (χ2n) is 6.30. The quantitative estimate of drug-likeness (QED) is 0.454. The Labute approximate surface area is 168 Å². The minimum Gasteiger partial charge on any atom is -0.457 e. The largest absolute Gasteiger partial charge is 0.457 e. The van der Waals surface area contributed by atoms with Crippen LogP contribution in [0.2, 0.25) is 0 Å². The molecule has 1 N–H and O–H groups in total. The monoisotopic (exact) mass is 461 g/mol. The van der Waals surface area contributed by atoms with Crippen molar-refractivity contribution >= 4 is 22.6 Å². The van der Waals surface area contributed by atoms with E-state index in [2.05, 4.69) is 52.1 Å². The fourth-order valence-corrected chi connectivity index (χ4v) is 3.61. The molecule has 136 valence electrons. The van der Waals surface area contributed by atoms with Gasteiger partial charge in [0.25, 0.3) is 0 Å². The maximum Gasteiger partial charge on any atom is 0.127 e. The van der Waals surface area contributed by atoms with Crippen molar-refractivity contribution < 1.29 is 4.74 Å². The van der Waals surface area contributed by atoms with Gasteiger partial charge in [-0.1, -0.05) is 43.7 Å². The smallest absolute Gasteiger partial charge is 0.127 e. The van der Waals surface area contributed by atoms with E-state index < -0.39 is 0 Å². The molecule has 0 amide bonds. The van der Waals surface area contributed by atoms with Gasteiger partial charge in [-0.2, -0.15) is 5.10 Å². The first-order valence-corrected chi connectivity index (χ1v) is 9.98. The van der Waals surface area contributed by atoms with Gasteiger partial charge in [0.05, 0.1) is 9.26 Å². The lowest BCUT2D eigenvalue weighted by Crippen LogP contribution is -2.21. The van der Waals surface area contributed by atoms with Gasteiger partial charge in [-0.15, -0.1) is 0 Å². The van der Waals surface area contributed by atoms with Crippen LogP contribution >= 0.6 is 22.6 Å². The molecule has 1 heterocycles. The van der Waals surface area contributed by atoms with Crippen molar-refractivity contribution in [2.75, 3.05) is 0 Å². The van der Waals surface area contributed by atoms with Gasteiger partial charge in [-0.3, -0.25) is 4.68 Å². The lowest BCUT2D eigenvalue weighted by Gasteiger charge is -2.18. The van der Waals surface area contributed by atoms with E-state index in [1.807, 2.05) is 60.4 Å². The summed E-state index contributed by atoms with van der Waals surface area (Å²) >= 11 is 2.34. The lowest BCUT2D eigenvalue weighted by atomic mass is 10.0. The van der Waals surface area contributed by atoms with Gasteiger partial charge >= 0.3 is 0 Å². The SMILES string of the molecule is CCCC(NCc1nn(C)cc1I)c1ccc(Oc2ccccc2)cc1. The number of nitrogens with zero attached hydrogens (tertiary/aromatic N) is 2. The van der Waals surface area contributed by atoms with Crippen LogP contribution in [0.3, 0.4) is 0 Å². The summed E-state index contributed by atoms with van der Waals surface area (Å²) in [6, 6.07) is 18.5. The zero-order chi connectivity index (χ0) is 18.4. The van der Waals surface area contributed by atoms with Gasteiger partial charge in [0.15, 0.2) is 0 Å².